The molecule has 0 fully saturated rings. The molecule has 0 saturated carbocycles. The summed E-state index contributed by atoms with van der Waals surface area (Å²) >= 11 is 0. The largest absolute Gasteiger partial charge is 0.481 e. The molecule has 7 atom stereocenters. The van der Waals surface area contributed by atoms with E-state index in [0.717, 1.165) is 58.8 Å². The number of aliphatic carboxylic acids is 6. The molecule has 0 saturated heterocycles. The zero-order chi connectivity index (χ0) is 71.9. The quantitative estimate of drug-likeness (QED) is 0.0284. The number of Topliss-reactive ketones (excluding diaryl/α,β-unsaturated/α-hetero) is 4. The lowest BCUT2D eigenvalue weighted by Crippen LogP contribution is -2.52. The van der Waals surface area contributed by atoms with Crippen molar-refractivity contribution in [2.24, 2.45) is 23.0 Å². The second kappa shape index (κ2) is 50.1. The number of carbonyl (C=O) groups excluding carboxylic acids is 11. The maximum absolute atomic E-state index is 13.3. The van der Waals surface area contributed by atoms with E-state index in [1.165, 1.54) is 0 Å². The van der Waals surface area contributed by atoms with Crippen LogP contribution in [0.3, 0.4) is 0 Å². The molecular weight excluding hydrogens is 1260 g/mol. The number of nitrogens with two attached hydrogens (primary N) is 1. The van der Waals surface area contributed by atoms with Gasteiger partial charge in [-0.15, -0.1) is 0 Å². The van der Waals surface area contributed by atoms with E-state index in [1.54, 1.807) is 6.92 Å². The van der Waals surface area contributed by atoms with Gasteiger partial charge in [0.05, 0.1) is 89.0 Å². The van der Waals surface area contributed by atoms with Crippen LogP contribution in [0.1, 0.15) is 175 Å². The number of nitrogens with one attached hydrogen (secondary N) is 6. The monoisotopic (exact) mass is 1360 g/mol. The zero-order valence-electron chi connectivity index (χ0n) is 54.3. The number of primary amides is 1. The highest BCUT2D eigenvalue weighted by atomic mass is 16.5. The molecule has 7 unspecified atom stereocenters. The van der Waals surface area contributed by atoms with Gasteiger partial charge in [0.15, 0.2) is 17.3 Å². The molecule has 0 bridgehead atoms. The molecule has 0 aliphatic rings. The van der Waals surface area contributed by atoms with Gasteiger partial charge in [-0.1, -0.05) is 45.4 Å². The van der Waals surface area contributed by atoms with Crippen molar-refractivity contribution >= 4 is 100 Å². The molecule has 14 N–H and O–H groups in total. The van der Waals surface area contributed by atoms with Crippen molar-refractivity contribution in [3.05, 3.63) is 0 Å². The van der Waals surface area contributed by atoms with Crippen LogP contribution in [0.2, 0.25) is 0 Å². The minimum atomic E-state index is -2.25. The smallest absolute Gasteiger partial charge is 0.305 e. The average Bonchev–Trinajstić information content (AvgIpc) is 0.837. The van der Waals surface area contributed by atoms with Crippen LogP contribution < -0.4 is 37.6 Å². The summed E-state index contributed by atoms with van der Waals surface area (Å²) in [4.78, 5) is 209. The van der Waals surface area contributed by atoms with Gasteiger partial charge in [-0.3, -0.25) is 81.5 Å². The van der Waals surface area contributed by atoms with Gasteiger partial charge in [-0.2, -0.15) is 0 Å². The number of ketones is 4. The Morgan fingerprint density at radius 1 is 0.400 bits per heavy atom. The lowest BCUT2D eigenvalue weighted by Gasteiger charge is -2.27. The minimum Gasteiger partial charge on any atom is -0.481 e. The molecule has 0 spiro atoms. The molecule has 0 heterocycles. The number of unbranched alkanes of at least 4 members (excludes halogenated alkanes) is 8. The molecule has 0 aliphatic heterocycles. The molecule has 0 rings (SSSR count). The number of hydrogen-bond donors (Lipinski definition) is 13. The Labute approximate surface area is 549 Å². The highest BCUT2D eigenvalue weighted by Crippen LogP contribution is 2.25. The molecule has 34 nitrogen and oxygen atoms in total. The van der Waals surface area contributed by atoms with Crippen LogP contribution in [0.4, 0.5) is 0 Å². The lowest BCUT2D eigenvalue weighted by atomic mass is 9.81. The van der Waals surface area contributed by atoms with Gasteiger partial charge in [0, 0.05) is 57.9 Å². The molecule has 0 radical (unpaired) electrons. The summed E-state index contributed by atoms with van der Waals surface area (Å²) in [6.07, 6.45) is 1.85. The molecular formula is C61H97N7O27. The molecule has 95 heavy (non-hydrogen) atoms. The summed E-state index contributed by atoms with van der Waals surface area (Å²) in [6, 6.07) is -6.02. The number of hydrogen-bond acceptors (Lipinski definition) is 21. The van der Waals surface area contributed by atoms with Gasteiger partial charge < -0.3 is 87.2 Å². The van der Waals surface area contributed by atoms with Crippen molar-refractivity contribution in [1.82, 2.24) is 31.9 Å². The van der Waals surface area contributed by atoms with Crippen LogP contribution in [0.15, 0.2) is 0 Å². The van der Waals surface area contributed by atoms with Gasteiger partial charge >= 0.3 is 35.8 Å². The number of carbonyl (C=O) groups is 17. The van der Waals surface area contributed by atoms with Crippen LogP contribution in [-0.2, 0) is 100 Å². The van der Waals surface area contributed by atoms with Crippen molar-refractivity contribution in [3.63, 3.8) is 0 Å². The fraction of sp³-hybridized carbons (Fsp3) is 0.721. The first-order valence-corrected chi connectivity index (χ1v) is 31.6. The van der Waals surface area contributed by atoms with E-state index in [2.05, 4.69) is 26.6 Å². The summed E-state index contributed by atoms with van der Waals surface area (Å²) in [6.45, 7) is 2.96. The zero-order valence-corrected chi connectivity index (χ0v) is 54.3. The Bertz CT molecular complexity index is 2570. The molecule has 0 aromatic carbocycles. The van der Waals surface area contributed by atoms with Gasteiger partial charge in [0.25, 0.3) is 0 Å². The van der Waals surface area contributed by atoms with Crippen LogP contribution >= 0.6 is 0 Å². The molecule has 0 aliphatic carbocycles. The Morgan fingerprint density at radius 2 is 0.821 bits per heavy atom. The Morgan fingerprint density at radius 3 is 1.28 bits per heavy atom. The average molecular weight is 1360 g/mol. The van der Waals surface area contributed by atoms with E-state index in [4.69, 9.17) is 29.8 Å². The van der Waals surface area contributed by atoms with Crippen LogP contribution in [-0.4, -0.2) is 221 Å². The second-order valence-corrected chi connectivity index (χ2v) is 22.8. The predicted molar refractivity (Wildman–Crippen MR) is 329 cm³/mol. The fourth-order valence-electron chi connectivity index (χ4n) is 9.20. The summed E-state index contributed by atoms with van der Waals surface area (Å²) in [5.41, 5.74) is 2.93. The Balaban J connectivity index is 5.20. The van der Waals surface area contributed by atoms with Crippen molar-refractivity contribution in [2.45, 2.75) is 199 Å². The van der Waals surface area contributed by atoms with E-state index in [-0.39, 0.29) is 97.2 Å². The summed E-state index contributed by atoms with van der Waals surface area (Å²) in [5.74, 6) is -20.5. The number of carboxylic acid groups (broad SMARTS) is 6. The molecule has 0 aromatic heterocycles. The van der Waals surface area contributed by atoms with Gasteiger partial charge in [-0.25, -0.2) is 0 Å². The summed E-state index contributed by atoms with van der Waals surface area (Å²) < 4.78 is 21.7. The van der Waals surface area contributed by atoms with E-state index in [0.29, 0.717) is 32.2 Å². The predicted octanol–water partition coefficient (Wildman–Crippen LogP) is 0.135. The van der Waals surface area contributed by atoms with Crippen LogP contribution in [0.5, 0.6) is 0 Å². The van der Waals surface area contributed by atoms with Gasteiger partial charge in [-0.05, 0) is 65.2 Å². The van der Waals surface area contributed by atoms with Crippen molar-refractivity contribution in [1.29, 1.82) is 0 Å². The third kappa shape index (κ3) is 42.6. The minimum absolute atomic E-state index is 0.00665. The van der Waals surface area contributed by atoms with Crippen LogP contribution in [0.25, 0.3) is 0 Å². The van der Waals surface area contributed by atoms with Gasteiger partial charge in [0.2, 0.25) is 41.4 Å². The standard InChI is InChI=1S/C61H97N7O27/c1-4-39(30-51(76)77)57(88)66-42(32-53(80)81)45(70)18-15-24-93-26-28-95-37-50(75)65-41(59(90)64-22-13-10-8-6-5-7-9-11-20-48(62)73)17-12-14-21-63-49(74)36-94-27-25-92-23-16-19-46(71)43(33-54(82)83)67-58(89)40(31-52(78)79)29-47(72)44(34-55(84)85)68-60(91)61(3,38(2)69)35-56(86)87/h39-44H,4-37H2,1-3H3,(H2,62,73)(H,63,74)(H,64,90)(H,65,75)(H,66,88)(H,67,89)(H,68,91)(H,76,77)(H,78,79)(H,80,81)(H,82,83)(H,84,85)(H,86,87). The van der Waals surface area contributed by atoms with E-state index in [9.17, 15) is 107 Å². The van der Waals surface area contributed by atoms with Gasteiger partial charge in [0.1, 0.15) is 30.5 Å². The van der Waals surface area contributed by atoms with Crippen molar-refractivity contribution in [2.75, 3.05) is 65.9 Å². The number of carboxylic acids is 6. The number of ether oxygens (including phenoxy) is 4. The summed E-state index contributed by atoms with van der Waals surface area (Å²) in [5, 5.41) is 70.7. The second-order valence-electron chi connectivity index (χ2n) is 22.8. The van der Waals surface area contributed by atoms with Crippen LogP contribution in [0, 0.1) is 17.3 Å². The topological polar surface area (TPSA) is 547 Å². The Hall–Kier alpha value is -8.37. The third-order valence-electron chi connectivity index (χ3n) is 14.7. The first kappa shape index (κ1) is 86.6. The third-order valence-corrected chi connectivity index (χ3v) is 14.7. The SMILES string of the molecule is CCC(CC(=O)O)C(=O)NC(CC(=O)O)C(=O)CCCOCCOCC(=O)NC(CCCCNC(=O)COCCOCCCC(=O)C(CC(=O)O)NC(=O)C(CC(=O)O)CC(=O)C(CC(=O)O)NC(=O)C(C)(CC(=O)O)C(C)=O)C(=O)NCCCCCCCCCCC(N)=O. The van der Waals surface area contributed by atoms with E-state index < -0.39 is 187 Å². The summed E-state index contributed by atoms with van der Waals surface area (Å²) in [7, 11) is 0. The number of amides is 7. The molecule has 7 amide bonds. The van der Waals surface area contributed by atoms with E-state index in [1.807, 2.05) is 5.32 Å². The first-order chi connectivity index (χ1) is 44.8. The first-order valence-electron chi connectivity index (χ1n) is 31.6. The molecule has 34 heteroatoms. The highest BCUT2D eigenvalue weighted by molar-refractivity contribution is 6.08. The number of rotatable bonds is 61. The lowest BCUT2D eigenvalue weighted by molar-refractivity contribution is -0.151. The molecule has 538 valence electrons. The normalized spacial score (nSPS) is 13.5. The van der Waals surface area contributed by atoms with Crippen molar-refractivity contribution < 1.29 is 131 Å². The highest BCUT2D eigenvalue weighted by Gasteiger charge is 2.43. The fourth-order valence-corrected chi connectivity index (χ4v) is 9.20. The molecule has 0 aromatic rings. The van der Waals surface area contributed by atoms with E-state index >= 15 is 0 Å². The maximum atomic E-state index is 13.3. The maximum Gasteiger partial charge on any atom is 0.305 e. The Kier molecular flexibility index (Phi) is 45.7. The van der Waals surface area contributed by atoms with Crippen molar-refractivity contribution in [3.8, 4) is 0 Å².